The van der Waals surface area contributed by atoms with Crippen LogP contribution in [0.4, 0.5) is 5.69 Å². The van der Waals surface area contributed by atoms with Crippen molar-refractivity contribution in [1.82, 2.24) is 9.55 Å². The number of thiophene rings is 1. The molecule has 8 heteroatoms. The first-order valence-electron chi connectivity index (χ1n) is 9.98. The van der Waals surface area contributed by atoms with E-state index in [1.54, 1.807) is 43.4 Å². The predicted molar refractivity (Wildman–Crippen MR) is 121 cm³/mol. The highest BCUT2D eigenvalue weighted by molar-refractivity contribution is 7.18. The largest absolute Gasteiger partial charge is 0.495 e. The predicted octanol–water partition coefficient (Wildman–Crippen LogP) is 4.75. The summed E-state index contributed by atoms with van der Waals surface area (Å²) in [5, 5.41) is 3.99. The van der Waals surface area contributed by atoms with E-state index in [1.807, 2.05) is 0 Å². The van der Waals surface area contributed by atoms with Crippen molar-refractivity contribution in [2.75, 3.05) is 12.4 Å². The van der Waals surface area contributed by atoms with Gasteiger partial charge in [-0.3, -0.25) is 14.2 Å². The van der Waals surface area contributed by atoms with Crippen LogP contribution in [0.25, 0.3) is 10.2 Å². The summed E-state index contributed by atoms with van der Waals surface area (Å²) in [7, 11) is 1.52. The normalized spacial score (nSPS) is 16.9. The highest BCUT2D eigenvalue weighted by Crippen LogP contribution is 2.36. The summed E-state index contributed by atoms with van der Waals surface area (Å²) in [5.74, 6) is 1.31. The van der Waals surface area contributed by atoms with E-state index in [0.717, 1.165) is 29.7 Å². The number of ether oxygens (including phenoxy) is 1. The Kier molecular flexibility index (Phi) is 5.59. The van der Waals surface area contributed by atoms with E-state index >= 15 is 0 Å². The number of aromatic nitrogens is 2. The maximum absolute atomic E-state index is 13.4. The van der Waals surface area contributed by atoms with E-state index in [2.05, 4.69) is 17.2 Å². The minimum Gasteiger partial charge on any atom is -0.495 e. The summed E-state index contributed by atoms with van der Waals surface area (Å²) < 4.78 is 6.79. The Morgan fingerprint density at radius 2 is 2.20 bits per heavy atom. The lowest BCUT2D eigenvalue weighted by molar-refractivity contribution is -0.118. The minimum absolute atomic E-state index is 0.148. The van der Waals surface area contributed by atoms with Crippen LogP contribution < -0.4 is 15.6 Å². The van der Waals surface area contributed by atoms with Crippen molar-refractivity contribution in [3.8, 4) is 5.75 Å². The fraction of sp³-hybridized carbons (Fsp3) is 0.409. The fourth-order valence-corrected chi connectivity index (χ4v) is 5.68. The van der Waals surface area contributed by atoms with Crippen molar-refractivity contribution in [3.63, 3.8) is 0 Å². The van der Waals surface area contributed by atoms with Crippen molar-refractivity contribution < 1.29 is 9.53 Å². The number of hydrogen-bond acceptors (Lipinski definition) is 5. The molecule has 1 aliphatic rings. The monoisotopic (exact) mass is 445 g/mol. The van der Waals surface area contributed by atoms with Crippen LogP contribution in [0.1, 0.15) is 42.6 Å². The third-order valence-electron chi connectivity index (χ3n) is 5.72. The Hall–Kier alpha value is -2.38. The Bertz CT molecular complexity index is 1200. The average Bonchev–Trinajstić information content (AvgIpc) is 3.05. The van der Waals surface area contributed by atoms with Crippen LogP contribution in [-0.2, 0) is 17.6 Å². The first kappa shape index (κ1) is 20.9. The molecule has 6 nitrogen and oxygen atoms in total. The number of carbonyl (C=O) groups is 1. The molecular formula is C22H24ClN3O3S. The van der Waals surface area contributed by atoms with E-state index in [9.17, 15) is 9.59 Å². The lowest BCUT2D eigenvalue weighted by atomic mass is 9.89. The molecule has 2 aromatic heterocycles. The van der Waals surface area contributed by atoms with E-state index in [1.165, 1.54) is 16.6 Å². The Morgan fingerprint density at radius 1 is 1.43 bits per heavy atom. The number of amides is 1. The summed E-state index contributed by atoms with van der Waals surface area (Å²) in [6, 6.07) is 4.26. The summed E-state index contributed by atoms with van der Waals surface area (Å²) in [4.78, 5) is 33.2. The molecule has 0 fully saturated rings. The molecule has 1 aromatic carbocycles. The molecule has 0 spiro atoms. The van der Waals surface area contributed by atoms with Gasteiger partial charge in [0.25, 0.3) is 5.56 Å². The van der Waals surface area contributed by atoms with Gasteiger partial charge in [-0.2, -0.15) is 0 Å². The smallest absolute Gasteiger partial charge is 0.263 e. The van der Waals surface area contributed by atoms with Gasteiger partial charge in [-0.1, -0.05) is 18.5 Å². The number of rotatable bonds is 4. The zero-order valence-electron chi connectivity index (χ0n) is 17.4. The van der Waals surface area contributed by atoms with E-state index < -0.39 is 6.04 Å². The molecule has 158 valence electrons. The van der Waals surface area contributed by atoms with Crippen LogP contribution in [-0.4, -0.2) is 22.6 Å². The lowest BCUT2D eigenvalue weighted by Crippen LogP contribution is -2.34. The summed E-state index contributed by atoms with van der Waals surface area (Å²) in [5.41, 5.74) is 1.43. The van der Waals surface area contributed by atoms with Crippen molar-refractivity contribution in [3.05, 3.63) is 49.8 Å². The second-order valence-corrected chi connectivity index (χ2v) is 9.40. The zero-order chi connectivity index (χ0) is 21.6. The Morgan fingerprint density at radius 3 is 2.93 bits per heavy atom. The molecule has 0 radical (unpaired) electrons. The standard InChI is InChI=1S/C22H24ClN3O3S/c1-11-5-7-15-18(9-11)30-21-19(15)22(28)26(13(3)24-21)12(2)20(27)25-16-10-14(23)6-8-17(16)29-4/h6,8,10-12H,5,7,9H2,1-4H3,(H,25,27). The number of fused-ring (bicyclic) bond motifs is 3. The molecule has 0 aliphatic heterocycles. The van der Waals surface area contributed by atoms with Gasteiger partial charge in [-0.15, -0.1) is 11.3 Å². The Labute approximate surface area is 183 Å². The Balaban J connectivity index is 1.73. The number of nitrogens with zero attached hydrogens (tertiary/aromatic N) is 2. The maximum atomic E-state index is 13.4. The number of nitrogens with one attached hydrogen (secondary N) is 1. The topological polar surface area (TPSA) is 73.2 Å². The van der Waals surface area contributed by atoms with E-state index in [0.29, 0.717) is 33.6 Å². The molecule has 30 heavy (non-hydrogen) atoms. The minimum atomic E-state index is -0.740. The fourth-order valence-electron chi connectivity index (χ4n) is 4.09. The van der Waals surface area contributed by atoms with Gasteiger partial charge in [0, 0.05) is 9.90 Å². The maximum Gasteiger partial charge on any atom is 0.263 e. The van der Waals surface area contributed by atoms with Crippen LogP contribution in [0.15, 0.2) is 23.0 Å². The molecule has 4 rings (SSSR count). The highest BCUT2D eigenvalue weighted by atomic mass is 35.5. The summed E-state index contributed by atoms with van der Waals surface area (Å²) >= 11 is 7.68. The van der Waals surface area contributed by atoms with Gasteiger partial charge in [0.15, 0.2) is 0 Å². The second kappa shape index (κ2) is 8.04. The quantitative estimate of drug-likeness (QED) is 0.628. The molecule has 1 N–H and O–H groups in total. The first-order valence-corrected chi connectivity index (χ1v) is 11.2. The molecular weight excluding hydrogens is 422 g/mol. The molecule has 3 aromatic rings. The average molecular weight is 446 g/mol. The SMILES string of the molecule is COc1ccc(Cl)cc1NC(=O)C(C)n1c(C)nc2sc3c(c2c1=O)CCC(C)C3. The number of methoxy groups -OCH3 is 1. The number of benzene rings is 1. The molecule has 2 heterocycles. The summed E-state index contributed by atoms with van der Waals surface area (Å²) in [6.45, 7) is 5.71. The van der Waals surface area contributed by atoms with Crippen molar-refractivity contribution in [1.29, 1.82) is 0 Å². The molecule has 0 saturated heterocycles. The highest BCUT2D eigenvalue weighted by Gasteiger charge is 2.27. The van der Waals surface area contributed by atoms with E-state index in [-0.39, 0.29) is 11.5 Å². The van der Waals surface area contributed by atoms with Gasteiger partial charge in [0.2, 0.25) is 5.91 Å². The third-order valence-corrected chi connectivity index (χ3v) is 7.11. The van der Waals surface area contributed by atoms with Gasteiger partial charge in [-0.05, 0) is 62.8 Å². The van der Waals surface area contributed by atoms with E-state index in [4.69, 9.17) is 16.3 Å². The molecule has 1 amide bonds. The molecule has 2 unspecified atom stereocenters. The van der Waals surface area contributed by atoms with Crippen molar-refractivity contribution in [2.24, 2.45) is 5.92 Å². The van der Waals surface area contributed by atoms with Gasteiger partial charge in [0.1, 0.15) is 22.4 Å². The molecule has 1 aliphatic carbocycles. The number of halogens is 1. The second-order valence-electron chi connectivity index (χ2n) is 7.88. The third kappa shape index (κ3) is 3.61. The van der Waals surface area contributed by atoms with Gasteiger partial charge in [-0.25, -0.2) is 4.98 Å². The van der Waals surface area contributed by atoms with Gasteiger partial charge in [0.05, 0.1) is 18.2 Å². The van der Waals surface area contributed by atoms with Crippen LogP contribution in [0.3, 0.4) is 0 Å². The van der Waals surface area contributed by atoms with Crippen molar-refractivity contribution >= 4 is 44.7 Å². The first-order chi connectivity index (χ1) is 14.3. The zero-order valence-corrected chi connectivity index (χ0v) is 19.0. The molecule has 0 bridgehead atoms. The number of carbonyl (C=O) groups excluding carboxylic acids is 1. The van der Waals surface area contributed by atoms with Crippen LogP contribution in [0.5, 0.6) is 5.75 Å². The van der Waals surface area contributed by atoms with Crippen LogP contribution in [0, 0.1) is 12.8 Å². The number of aryl methyl sites for hydroxylation is 2. The number of anilines is 1. The number of hydrogen-bond donors (Lipinski definition) is 1. The van der Waals surface area contributed by atoms with Crippen LogP contribution >= 0.6 is 22.9 Å². The van der Waals surface area contributed by atoms with Gasteiger partial charge < -0.3 is 10.1 Å². The lowest BCUT2D eigenvalue weighted by Gasteiger charge is -2.19. The summed E-state index contributed by atoms with van der Waals surface area (Å²) in [6.07, 6.45) is 2.94. The molecule has 2 atom stereocenters. The van der Waals surface area contributed by atoms with Crippen molar-refractivity contribution in [2.45, 2.75) is 46.1 Å². The van der Waals surface area contributed by atoms with Crippen LogP contribution in [0.2, 0.25) is 5.02 Å². The molecule has 0 saturated carbocycles. The van der Waals surface area contributed by atoms with Gasteiger partial charge >= 0.3 is 0 Å².